The van der Waals surface area contributed by atoms with Crippen LogP contribution < -0.4 is 10.5 Å². The van der Waals surface area contributed by atoms with Crippen LogP contribution in [-0.4, -0.2) is 35.7 Å². The zero-order chi connectivity index (χ0) is 19.8. The normalized spacial score (nSPS) is 13.9. The molecule has 6 nitrogen and oxygen atoms in total. The van der Waals surface area contributed by atoms with Crippen molar-refractivity contribution >= 4 is 34.4 Å². The Morgan fingerprint density at radius 2 is 1.93 bits per heavy atom. The summed E-state index contributed by atoms with van der Waals surface area (Å²) in [5.74, 6) is -0.613. The smallest absolute Gasteiger partial charge is 0.337 e. The highest BCUT2D eigenvalue weighted by atomic mass is 35.5. The summed E-state index contributed by atoms with van der Waals surface area (Å²) >= 11 is 5.94. The van der Waals surface area contributed by atoms with Gasteiger partial charge >= 0.3 is 5.97 Å². The monoisotopic (exact) mass is 401 g/mol. The largest absolute Gasteiger partial charge is 0.465 e. The predicted molar refractivity (Wildman–Crippen MR) is 105 cm³/mol. The van der Waals surface area contributed by atoms with Crippen molar-refractivity contribution < 1.29 is 13.9 Å². The Kier molecular flexibility index (Phi) is 4.77. The van der Waals surface area contributed by atoms with E-state index in [-0.39, 0.29) is 10.6 Å². The summed E-state index contributed by atoms with van der Waals surface area (Å²) in [7, 11) is 1.30. The number of rotatable bonds is 3. The van der Waals surface area contributed by atoms with Crippen LogP contribution in [0.3, 0.4) is 0 Å². The van der Waals surface area contributed by atoms with Gasteiger partial charge in [0.2, 0.25) is 5.95 Å². The third-order valence-corrected chi connectivity index (χ3v) is 5.11. The van der Waals surface area contributed by atoms with E-state index < -0.39 is 11.8 Å². The van der Waals surface area contributed by atoms with Crippen LogP contribution >= 0.6 is 11.6 Å². The second-order valence-corrected chi connectivity index (χ2v) is 6.98. The molecular weight excluding hydrogens is 385 g/mol. The summed E-state index contributed by atoms with van der Waals surface area (Å²) in [4.78, 5) is 31.8. The first kappa shape index (κ1) is 18.4. The molecular formula is C20H17ClFN3O3. The lowest BCUT2D eigenvalue weighted by Crippen LogP contribution is -2.30. The summed E-state index contributed by atoms with van der Waals surface area (Å²) in [5.41, 5.74) is 0.840. The van der Waals surface area contributed by atoms with Gasteiger partial charge in [0.05, 0.1) is 34.3 Å². The summed E-state index contributed by atoms with van der Waals surface area (Å²) in [6, 6.07) is 8.75. The van der Waals surface area contributed by atoms with Crippen molar-refractivity contribution in [3.8, 4) is 5.69 Å². The van der Waals surface area contributed by atoms with Gasteiger partial charge in [0.1, 0.15) is 5.82 Å². The number of benzene rings is 2. The van der Waals surface area contributed by atoms with Gasteiger partial charge in [0.25, 0.3) is 5.56 Å². The Hall–Kier alpha value is -2.93. The molecule has 1 aliphatic rings. The number of anilines is 1. The van der Waals surface area contributed by atoms with E-state index in [0.717, 1.165) is 25.9 Å². The van der Waals surface area contributed by atoms with Gasteiger partial charge in [-0.3, -0.25) is 4.79 Å². The second-order valence-electron chi connectivity index (χ2n) is 6.57. The van der Waals surface area contributed by atoms with Gasteiger partial charge in [-0.05, 0) is 49.2 Å². The van der Waals surface area contributed by atoms with Crippen molar-refractivity contribution in [2.75, 3.05) is 25.1 Å². The van der Waals surface area contributed by atoms with Crippen LogP contribution in [0, 0.1) is 5.82 Å². The molecule has 0 radical (unpaired) electrons. The highest BCUT2D eigenvalue weighted by Crippen LogP contribution is 2.25. The molecule has 0 saturated carbocycles. The number of nitrogens with zero attached hydrogens (tertiary/aromatic N) is 3. The molecule has 1 aromatic heterocycles. The molecule has 0 bridgehead atoms. The van der Waals surface area contributed by atoms with E-state index in [1.165, 1.54) is 35.9 Å². The quantitative estimate of drug-likeness (QED) is 0.628. The van der Waals surface area contributed by atoms with Crippen molar-refractivity contribution in [3.63, 3.8) is 0 Å². The van der Waals surface area contributed by atoms with Crippen LogP contribution in [0.1, 0.15) is 23.2 Å². The maximum absolute atomic E-state index is 13.6. The number of fused-ring (bicyclic) bond motifs is 1. The van der Waals surface area contributed by atoms with E-state index >= 15 is 0 Å². The van der Waals surface area contributed by atoms with Crippen LogP contribution in [0.4, 0.5) is 10.3 Å². The molecule has 0 spiro atoms. The van der Waals surface area contributed by atoms with Crippen molar-refractivity contribution in [1.29, 1.82) is 0 Å². The first-order chi connectivity index (χ1) is 13.5. The lowest BCUT2D eigenvalue weighted by molar-refractivity contribution is 0.0601. The highest BCUT2D eigenvalue weighted by Gasteiger charge is 2.22. The number of carbonyl (C=O) groups excluding carboxylic acids is 1. The molecule has 0 unspecified atom stereocenters. The first-order valence-corrected chi connectivity index (χ1v) is 9.23. The van der Waals surface area contributed by atoms with Crippen molar-refractivity contribution in [2.45, 2.75) is 12.8 Å². The molecule has 4 rings (SSSR count). The number of aromatic nitrogens is 2. The molecule has 8 heteroatoms. The molecule has 3 aromatic rings. The predicted octanol–water partition coefficient (Wildman–Crippen LogP) is 3.57. The summed E-state index contributed by atoms with van der Waals surface area (Å²) in [6.07, 6.45) is 1.97. The van der Waals surface area contributed by atoms with E-state index in [1.54, 1.807) is 12.1 Å². The third kappa shape index (κ3) is 3.11. The minimum Gasteiger partial charge on any atom is -0.465 e. The zero-order valence-electron chi connectivity index (χ0n) is 15.1. The summed E-state index contributed by atoms with van der Waals surface area (Å²) in [6.45, 7) is 1.51. The van der Waals surface area contributed by atoms with Crippen LogP contribution in [-0.2, 0) is 4.74 Å². The molecule has 0 amide bonds. The average Bonchev–Trinajstić information content (AvgIpc) is 3.24. The minimum absolute atomic E-state index is 0.0714. The lowest BCUT2D eigenvalue weighted by atomic mass is 10.1. The first-order valence-electron chi connectivity index (χ1n) is 8.85. The standard InChI is InChI=1S/C20H17ClFN3O3/c1-28-19(27)12-4-6-14-17(10-12)23-20(24-8-2-3-9-24)25(18(14)26)13-5-7-16(22)15(21)11-13/h4-7,10-11H,2-3,8-9H2,1H3. The molecule has 2 aromatic carbocycles. The SMILES string of the molecule is COC(=O)c1ccc2c(=O)n(-c3ccc(F)c(Cl)c3)c(N3CCCC3)nc2c1. The number of carbonyl (C=O) groups is 1. The topological polar surface area (TPSA) is 64.4 Å². The molecule has 1 fully saturated rings. The maximum Gasteiger partial charge on any atom is 0.337 e. The second kappa shape index (κ2) is 7.24. The van der Waals surface area contributed by atoms with E-state index in [1.807, 2.05) is 4.90 Å². The molecule has 0 N–H and O–H groups in total. The number of halogens is 2. The minimum atomic E-state index is -0.558. The zero-order valence-corrected chi connectivity index (χ0v) is 15.9. The Morgan fingerprint density at radius 1 is 1.18 bits per heavy atom. The van der Waals surface area contributed by atoms with E-state index in [0.29, 0.717) is 28.1 Å². The lowest BCUT2D eigenvalue weighted by Gasteiger charge is -2.22. The Bertz CT molecular complexity index is 1140. The molecule has 1 saturated heterocycles. The molecule has 2 heterocycles. The fraction of sp³-hybridized carbons (Fsp3) is 0.250. The van der Waals surface area contributed by atoms with Gasteiger partial charge in [-0.1, -0.05) is 11.6 Å². The van der Waals surface area contributed by atoms with E-state index in [2.05, 4.69) is 4.98 Å². The maximum atomic E-state index is 13.6. The number of ether oxygens (including phenoxy) is 1. The van der Waals surface area contributed by atoms with Crippen LogP contribution in [0.2, 0.25) is 5.02 Å². The van der Waals surface area contributed by atoms with Crippen LogP contribution in [0.5, 0.6) is 0 Å². The van der Waals surface area contributed by atoms with Gasteiger partial charge in [0, 0.05) is 13.1 Å². The van der Waals surface area contributed by atoms with Crippen LogP contribution in [0.15, 0.2) is 41.2 Å². The van der Waals surface area contributed by atoms with Gasteiger partial charge in [-0.15, -0.1) is 0 Å². The fourth-order valence-electron chi connectivity index (χ4n) is 3.40. The van der Waals surface area contributed by atoms with Crippen LogP contribution in [0.25, 0.3) is 16.6 Å². The molecule has 144 valence electrons. The Morgan fingerprint density at radius 3 is 2.61 bits per heavy atom. The van der Waals surface area contributed by atoms with Crippen molar-refractivity contribution in [1.82, 2.24) is 9.55 Å². The Balaban J connectivity index is 2.00. The van der Waals surface area contributed by atoms with E-state index in [9.17, 15) is 14.0 Å². The fourth-order valence-corrected chi connectivity index (χ4v) is 3.58. The summed E-state index contributed by atoms with van der Waals surface area (Å²) in [5, 5.41) is 0.272. The van der Waals surface area contributed by atoms with Crippen molar-refractivity contribution in [3.05, 3.63) is 63.2 Å². The van der Waals surface area contributed by atoms with Gasteiger partial charge in [-0.2, -0.15) is 0 Å². The van der Waals surface area contributed by atoms with Gasteiger partial charge < -0.3 is 9.64 Å². The molecule has 1 aliphatic heterocycles. The van der Waals surface area contributed by atoms with E-state index in [4.69, 9.17) is 16.3 Å². The number of hydrogen-bond acceptors (Lipinski definition) is 5. The molecule has 28 heavy (non-hydrogen) atoms. The Labute approximate surface area is 165 Å². The average molecular weight is 402 g/mol. The summed E-state index contributed by atoms with van der Waals surface area (Å²) < 4.78 is 19.8. The highest BCUT2D eigenvalue weighted by molar-refractivity contribution is 6.30. The molecule has 0 aliphatic carbocycles. The number of esters is 1. The molecule has 0 atom stereocenters. The van der Waals surface area contributed by atoms with Crippen molar-refractivity contribution in [2.24, 2.45) is 0 Å². The van der Waals surface area contributed by atoms with Gasteiger partial charge in [-0.25, -0.2) is 18.7 Å². The number of hydrogen-bond donors (Lipinski definition) is 0. The van der Waals surface area contributed by atoms with Gasteiger partial charge in [0.15, 0.2) is 0 Å². The third-order valence-electron chi connectivity index (χ3n) is 4.82. The number of methoxy groups -OCH3 is 1.